The number of nitrogens with two attached hydrogens (primary N) is 1. The van der Waals surface area contributed by atoms with Gasteiger partial charge in [0.1, 0.15) is 5.75 Å². The Morgan fingerprint density at radius 2 is 2.09 bits per heavy atom. The SMILES string of the molecule is Cc1cc(OCCCC2CCN(c3nc(C(F)F)no3)CC2)ccc1C(=O)C[C@@H](C)CCN. The molecule has 1 aliphatic heterocycles. The molecule has 0 amide bonds. The summed E-state index contributed by atoms with van der Waals surface area (Å²) in [6, 6.07) is 5.83. The number of hydrogen-bond acceptors (Lipinski definition) is 7. The lowest BCUT2D eigenvalue weighted by atomic mass is 9.92. The van der Waals surface area contributed by atoms with Crippen LogP contribution in [-0.4, -0.2) is 42.2 Å². The number of Topliss-reactive ketones (excluding diaryl/α,β-unsaturated/α-hetero) is 1. The molecule has 1 aliphatic rings. The minimum absolute atomic E-state index is 0.150. The number of ketones is 1. The van der Waals surface area contributed by atoms with Crippen molar-refractivity contribution in [1.82, 2.24) is 10.1 Å². The average Bonchev–Trinajstić information content (AvgIpc) is 3.28. The number of aromatic nitrogens is 2. The quantitative estimate of drug-likeness (QED) is 0.351. The fraction of sp³-hybridized carbons (Fsp3) is 0.625. The normalized spacial score (nSPS) is 15.8. The molecule has 2 heterocycles. The zero-order chi connectivity index (χ0) is 23.8. The van der Waals surface area contributed by atoms with Gasteiger partial charge in [0, 0.05) is 25.1 Å². The number of nitrogens with zero attached hydrogens (tertiary/aromatic N) is 3. The van der Waals surface area contributed by atoms with Crippen molar-refractivity contribution in [1.29, 1.82) is 0 Å². The Morgan fingerprint density at radius 1 is 1.33 bits per heavy atom. The second-order valence-corrected chi connectivity index (χ2v) is 8.94. The van der Waals surface area contributed by atoms with E-state index in [-0.39, 0.29) is 17.7 Å². The van der Waals surface area contributed by atoms with E-state index in [9.17, 15) is 13.6 Å². The Balaban J connectivity index is 1.37. The van der Waals surface area contributed by atoms with Gasteiger partial charge in [0.15, 0.2) is 5.78 Å². The Bertz CT molecular complexity index is 898. The number of halogens is 2. The number of carbonyl (C=O) groups is 1. The van der Waals surface area contributed by atoms with Gasteiger partial charge in [0.25, 0.3) is 0 Å². The van der Waals surface area contributed by atoms with Gasteiger partial charge in [-0.3, -0.25) is 4.79 Å². The molecule has 1 aromatic heterocycles. The van der Waals surface area contributed by atoms with Crippen LogP contribution in [0, 0.1) is 18.8 Å². The summed E-state index contributed by atoms with van der Waals surface area (Å²) in [7, 11) is 0. The number of anilines is 1. The van der Waals surface area contributed by atoms with Crippen molar-refractivity contribution in [3.8, 4) is 5.75 Å². The number of rotatable bonds is 12. The van der Waals surface area contributed by atoms with Gasteiger partial charge in [-0.1, -0.05) is 12.1 Å². The molecule has 182 valence electrons. The highest BCUT2D eigenvalue weighted by Gasteiger charge is 2.24. The van der Waals surface area contributed by atoms with Crippen LogP contribution in [0.15, 0.2) is 22.7 Å². The minimum Gasteiger partial charge on any atom is -0.494 e. The van der Waals surface area contributed by atoms with Gasteiger partial charge < -0.3 is 19.9 Å². The molecule has 7 nitrogen and oxygen atoms in total. The van der Waals surface area contributed by atoms with Gasteiger partial charge >= 0.3 is 12.4 Å². The highest BCUT2D eigenvalue weighted by Crippen LogP contribution is 2.27. The third-order valence-electron chi connectivity index (χ3n) is 6.23. The molecule has 1 saturated heterocycles. The van der Waals surface area contributed by atoms with Gasteiger partial charge in [0.2, 0.25) is 5.82 Å². The highest BCUT2D eigenvalue weighted by atomic mass is 19.3. The number of alkyl halides is 2. The van der Waals surface area contributed by atoms with Crippen molar-refractivity contribution in [2.24, 2.45) is 17.6 Å². The maximum atomic E-state index is 12.6. The predicted octanol–water partition coefficient (Wildman–Crippen LogP) is 4.95. The smallest absolute Gasteiger partial charge is 0.324 e. The van der Waals surface area contributed by atoms with Crippen LogP contribution in [0.1, 0.15) is 73.6 Å². The molecule has 0 aliphatic carbocycles. The average molecular weight is 465 g/mol. The van der Waals surface area contributed by atoms with E-state index < -0.39 is 12.2 Å². The van der Waals surface area contributed by atoms with Gasteiger partial charge in [-0.25, -0.2) is 8.78 Å². The fourth-order valence-electron chi connectivity index (χ4n) is 4.27. The van der Waals surface area contributed by atoms with Crippen molar-refractivity contribution < 1.29 is 22.8 Å². The molecule has 0 unspecified atom stereocenters. The van der Waals surface area contributed by atoms with E-state index in [4.69, 9.17) is 15.0 Å². The Kier molecular flexibility index (Phi) is 9.17. The van der Waals surface area contributed by atoms with Crippen molar-refractivity contribution in [2.75, 3.05) is 31.1 Å². The van der Waals surface area contributed by atoms with Gasteiger partial charge in [-0.15, -0.1) is 0 Å². The molecule has 0 spiro atoms. The van der Waals surface area contributed by atoms with Crippen LogP contribution in [0.3, 0.4) is 0 Å². The number of carbonyl (C=O) groups excluding carboxylic acids is 1. The van der Waals surface area contributed by atoms with E-state index >= 15 is 0 Å². The molecule has 33 heavy (non-hydrogen) atoms. The van der Waals surface area contributed by atoms with E-state index in [1.165, 1.54) is 0 Å². The molecule has 0 bridgehead atoms. The Labute approximate surface area is 193 Å². The lowest BCUT2D eigenvalue weighted by Crippen LogP contribution is -2.34. The van der Waals surface area contributed by atoms with Crippen LogP contribution in [0.2, 0.25) is 0 Å². The molecule has 9 heteroatoms. The number of piperidine rings is 1. The second-order valence-electron chi connectivity index (χ2n) is 8.94. The molecule has 1 aromatic carbocycles. The fourth-order valence-corrected chi connectivity index (χ4v) is 4.27. The zero-order valence-corrected chi connectivity index (χ0v) is 19.4. The van der Waals surface area contributed by atoms with E-state index in [0.29, 0.717) is 25.5 Å². The standard InChI is InChI=1S/C24H34F2N4O3/c1-16(7-10-27)14-21(31)20-6-5-19(15-17(20)2)32-13-3-4-18-8-11-30(12-9-18)24-28-23(22(25)26)29-33-24/h5-6,15-16,18,22H,3-4,7-14,27H2,1-2H3/t16-/m0/s1. The number of hydrogen-bond donors (Lipinski definition) is 1. The summed E-state index contributed by atoms with van der Waals surface area (Å²) in [5.74, 6) is 1.21. The lowest BCUT2D eigenvalue weighted by molar-refractivity contribution is 0.0962. The molecule has 2 N–H and O–H groups in total. The molecule has 1 atom stereocenters. The summed E-state index contributed by atoms with van der Waals surface area (Å²) < 4.78 is 36.1. The van der Waals surface area contributed by atoms with Gasteiger partial charge in [-0.05, 0) is 81.2 Å². The van der Waals surface area contributed by atoms with Crippen LogP contribution in [0.4, 0.5) is 14.8 Å². The largest absolute Gasteiger partial charge is 0.494 e. The van der Waals surface area contributed by atoms with E-state index in [0.717, 1.165) is 62.1 Å². The minimum atomic E-state index is -2.72. The van der Waals surface area contributed by atoms with Crippen molar-refractivity contribution in [3.63, 3.8) is 0 Å². The van der Waals surface area contributed by atoms with E-state index in [1.54, 1.807) is 0 Å². The molecular formula is C24H34F2N4O3. The highest BCUT2D eigenvalue weighted by molar-refractivity contribution is 5.97. The number of benzene rings is 1. The van der Waals surface area contributed by atoms with Crippen molar-refractivity contribution in [3.05, 3.63) is 35.2 Å². The summed E-state index contributed by atoms with van der Waals surface area (Å²) in [5.41, 5.74) is 7.26. The molecule has 1 fully saturated rings. The molecule has 2 aromatic rings. The van der Waals surface area contributed by atoms with Crippen LogP contribution in [-0.2, 0) is 0 Å². The molecule has 0 saturated carbocycles. The van der Waals surface area contributed by atoms with Crippen LogP contribution >= 0.6 is 0 Å². The third-order valence-corrected chi connectivity index (χ3v) is 6.23. The van der Waals surface area contributed by atoms with Crippen LogP contribution < -0.4 is 15.4 Å². The number of aryl methyl sites for hydroxylation is 1. The topological polar surface area (TPSA) is 94.5 Å². The third kappa shape index (κ3) is 7.22. The monoisotopic (exact) mass is 464 g/mol. The van der Waals surface area contributed by atoms with Crippen molar-refractivity contribution in [2.45, 2.75) is 58.8 Å². The van der Waals surface area contributed by atoms with E-state index in [2.05, 4.69) is 17.1 Å². The summed E-state index contributed by atoms with van der Waals surface area (Å²) in [5, 5.41) is 3.32. The maximum Gasteiger partial charge on any atom is 0.324 e. The van der Waals surface area contributed by atoms with Crippen molar-refractivity contribution >= 4 is 11.8 Å². The molecule has 0 radical (unpaired) electrons. The van der Waals surface area contributed by atoms with Gasteiger partial charge in [0.05, 0.1) is 6.61 Å². The maximum absolute atomic E-state index is 12.6. The van der Waals surface area contributed by atoms with Gasteiger partial charge in [-0.2, -0.15) is 4.98 Å². The first kappa shape index (κ1) is 25.1. The summed E-state index contributed by atoms with van der Waals surface area (Å²) >= 11 is 0. The first-order valence-corrected chi connectivity index (χ1v) is 11.7. The Morgan fingerprint density at radius 3 is 2.73 bits per heavy atom. The van der Waals surface area contributed by atoms with Crippen LogP contribution in [0.25, 0.3) is 0 Å². The first-order valence-electron chi connectivity index (χ1n) is 11.7. The predicted molar refractivity (Wildman–Crippen MR) is 122 cm³/mol. The van der Waals surface area contributed by atoms with E-state index in [1.807, 2.05) is 30.0 Å². The number of ether oxygens (including phenoxy) is 1. The molecule has 3 rings (SSSR count). The molecular weight excluding hydrogens is 430 g/mol. The summed E-state index contributed by atoms with van der Waals surface area (Å²) in [4.78, 5) is 18.1. The zero-order valence-electron chi connectivity index (χ0n) is 19.4. The summed E-state index contributed by atoms with van der Waals surface area (Å²) in [6.45, 7) is 6.64. The Hall–Kier alpha value is -2.55. The lowest BCUT2D eigenvalue weighted by Gasteiger charge is -2.30. The first-order chi connectivity index (χ1) is 15.9. The second kappa shape index (κ2) is 12.1. The summed E-state index contributed by atoms with van der Waals surface area (Å²) in [6.07, 6.45) is 2.51. The van der Waals surface area contributed by atoms with Crippen LogP contribution in [0.5, 0.6) is 5.75 Å².